The molecular formula is C19H30N2O2S. The van der Waals surface area contributed by atoms with Gasteiger partial charge in [0.1, 0.15) is 5.92 Å². The summed E-state index contributed by atoms with van der Waals surface area (Å²) < 4.78 is 5.47. The summed E-state index contributed by atoms with van der Waals surface area (Å²) in [7, 11) is 1.71. The number of carbonyl (C=O) groups excluding carboxylic acids is 1. The molecule has 4 nitrogen and oxygen atoms in total. The molecule has 1 heterocycles. The molecule has 0 aliphatic carbocycles. The van der Waals surface area contributed by atoms with Crippen LogP contribution in [0.3, 0.4) is 0 Å². The molecule has 5 heteroatoms. The van der Waals surface area contributed by atoms with Gasteiger partial charge >= 0.3 is 5.97 Å². The number of pyridine rings is 1. The molecule has 0 radical (unpaired) electrons. The maximum Gasteiger partial charge on any atom is 0.322 e. The van der Waals surface area contributed by atoms with E-state index in [1.807, 2.05) is 12.1 Å². The number of aromatic nitrogens is 1. The smallest absolute Gasteiger partial charge is 0.322 e. The predicted octanol–water partition coefficient (Wildman–Crippen LogP) is 4.11. The Morgan fingerprint density at radius 2 is 2.00 bits per heavy atom. The number of thiocarbonyl (C=S) groups is 1. The number of hydrogen-bond donors (Lipinski definition) is 1. The molecule has 0 amide bonds. The molecular weight excluding hydrogens is 320 g/mol. The van der Waals surface area contributed by atoms with E-state index < -0.39 is 5.92 Å². The summed E-state index contributed by atoms with van der Waals surface area (Å²) in [6.07, 6.45) is 6.19. The van der Waals surface area contributed by atoms with Crippen molar-refractivity contribution in [2.75, 3.05) is 13.7 Å². The summed E-state index contributed by atoms with van der Waals surface area (Å²) in [4.78, 5) is 17.1. The number of ether oxygens (including phenoxy) is 1. The second-order valence-corrected chi connectivity index (χ2v) is 7.13. The highest BCUT2D eigenvalue weighted by Gasteiger charge is 2.27. The van der Waals surface area contributed by atoms with E-state index in [0.29, 0.717) is 23.2 Å². The number of esters is 1. The molecule has 1 N–H and O–H groups in total. The molecule has 1 aromatic heterocycles. The van der Waals surface area contributed by atoms with Gasteiger partial charge < -0.3 is 10.1 Å². The SMILES string of the molecule is CNC(=S)C(C(=O)OCCC(C)CCCC(C)C)c1ccccn1. The number of likely N-dealkylation sites (N-methyl/N-ethyl adjacent to an activating group) is 1. The van der Waals surface area contributed by atoms with E-state index in [2.05, 4.69) is 31.1 Å². The third kappa shape index (κ3) is 7.39. The first-order chi connectivity index (χ1) is 11.5. The van der Waals surface area contributed by atoms with Crippen molar-refractivity contribution in [2.24, 2.45) is 11.8 Å². The van der Waals surface area contributed by atoms with Gasteiger partial charge in [0, 0.05) is 13.2 Å². The van der Waals surface area contributed by atoms with Crippen LogP contribution in [0.5, 0.6) is 0 Å². The van der Waals surface area contributed by atoms with Crippen LogP contribution in [0.2, 0.25) is 0 Å². The zero-order valence-electron chi connectivity index (χ0n) is 15.2. The van der Waals surface area contributed by atoms with E-state index in [9.17, 15) is 4.79 Å². The van der Waals surface area contributed by atoms with Crippen LogP contribution in [0.1, 0.15) is 58.1 Å². The molecule has 1 aromatic rings. The van der Waals surface area contributed by atoms with Crippen LogP contribution in [0.4, 0.5) is 0 Å². The van der Waals surface area contributed by atoms with E-state index in [1.165, 1.54) is 19.3 Å². The second-order valence-electron chi connectivity index (χ2n) is 6.69. The first-order valence-corrected chi connectivity index (χ1v) is 9.15. The normalized spacial score (nSPS) is 13.4. The maximum absolute atomic E-state index is 12.4. The molecule has 1 rings (SSSR count). The molecule has 24 heavy (non-hydrogen) atoms. The topological polar surface area (TPSA) is 51.2 Å². The summed E-state index contributed by atoms with van der Waals surface area (Å²) in [5.41, 5.74) is 0.617. The van der Waals surface area contributed by atoms with E-state index in [4.69, 9.17) is 17.0 Å². The quantitative estimate of drug-likeness (QED) is 0.508. The number of hydrogen-bond acceptors (Lipinski definition) is 4. The number of rotatable bonds is 10. The van der Waals surface area contributed by atoms with Crippen molar-refractivity contribution in [2.45, 2.75) is 52.4 Å². The lowest BCUT2D eigenvalue weighted by molar-refractivity contribution is -0.144. The van der Waals surface area contributed by atoms with Gasteiger partial charge in [0.05, 0.1) is 17.3 Å². The van der Waals surface area contributed by atoms with Gasteiger partial charge in [0.2, 0.25) is 0 Å². The number of carbonyl (C=O) groups is 1. The lowest BCUT2D eigenvalue weighted by Crippen LogP contribution is -2.32. The third-order valence-electron chi connectivity index (χ3n) is 4.06. The Labute approximate surface area is 151 Å². The maximum atomic E-state index is 12.4. The van der Waals surface area contributed by atoms with Crippen LogP contribution in [-0.2, 0) is 9.53 Å². The molecule has 0 spiro atoms. The van der Waals surface area contributed by atoms with Crippen LogP contribution in [0.25, 0.3) is 0 Å². The number of nitrogens with one attached hydrogen (secondary N) is 1. The van der Waals surface area contributed by atoms with Crippen LogP contribution in [0, 0.1) is 11.8 Å². The average Bonchev–Trinajstić information content (AvgIpc) is 2.55. The first-order valence-electron chi connectivity index (χ1n) is 8.74. The lowest BCUT2D eigenvalue weighted by Gasteiger charge is -2.17. The van der Waals surface area contributed by atoms with E-state index >= 15 is 0 Å². The average molecular weight is 351 g/mol. The lowest BCUT2D eigenvalue weighted by atomic mass is 9.97. The summed E-state index contributed by atoms with van der Waals surface area (Å²) >= 11 is 5.27. The van der Waals surface area contributed by atoms with E-state index in [0.717, 1.165) is 12.3 Å². The summed E-state index contributed by atoms with van der Waals surface area (Å²) in [5.74, 6) is 0.336. The molecule has 0 saturated carbocycles. The van der Waals surface area contributed by atoms with Gasteiger partial charge in [-0.1, -0.05) is 58.3 Å². The summed E-state index contributed by atoms with van der Waals surface area (Å²) in [6, 6.07) is 5.45. The highest BCUT2D eigenvalue weighted by molar-refractivity contribution is 7.80. The molecule has 2 atom stereocenters. The summed E-state index contributed by atoms with van der Waals surface area (Å²) in [5, 5.41) is 2.87. The van der Waals surface area contributed by atoms with Gasteiger partial charge in [-0.2, -0.15) is 0 Å². The Morgan fingerprint density at radius 3 is 2.58 bits per heavy atom. The van der Waals surface area contributed by atoms with Crippen LogP contribution >= 0.6 is 12.2 Å². The number of nitrogens with zero attached hydrogens (tertiary/aromatic N) is 1. The van der Waals surface area contributed by atoms with Crippen molar-refractivity contribution in [3.8, 4) is 0 Å². The Balaban J connectivity index is 2.47. The molecule has 0 aliphatic heterocycles. The van der Waals surface area contributed by atoms with Crippen molar-refractivity contribution >= 4 is 23.2 Å². The highest BCUT2D eigenvalue weighted by Crippen LogP contribution is 2.18. The molecule has 0 bridgehead atoms. The van der Waals surface area contributed by atoms with Gasteiger partial charge in [-0.15, -0.1) is 0 Å². The molecule has 0 saturated heterocycles. The molecule has 0 aromatic carbocycles. The molecule has 0 fully saturated rings. The van der Waals surface area contributed by atoms with E-state index in [1.54, 1.807) is 19.3 Å². The zero-order valence-corrected chi connectivity index (χ0v) is 16.1. The highest BCUT2D eigenvalue weighted by atomic mass is 32.1. The zero-order chi connectivity index (χ0) is 17.9. The second kappa shape index (κ2) is 11.1. The van der Waals surface area contributed by atoms with Gasteiger partial charge in [0.15, 0.2) is 0 Å². The fourth-order valence-electron chi connectivity index (χ4n) is 2.52. The molecule has 2 unspecified atom stereocenters. The minimum Gasteiger partial charge on any atom is -0.465 e. The van der Waals surface area contributed by atoms with Gasteiger partial charge in [-0.25, -0.2) is 0 Å². The standard InChI is InChI=1S/C19H30N2O2S/c1-14(2)8-7-9-15(3)11-13-23-19(22)17(18(24)20-4)16-10-5-6-12-21-16/h5-6,10,12,14-15,17H,7-9,11,13H2,1-4H3,(H,20,24). The first kappa shape index (κ1) is 20.6. The largest absolute Gasteiger partial charge is 0.465 e. The monoisotopic (exact) mass is 350 g/mol. The molecule has 134 valence electrons. The van der Waals surface area contributed by atoms with Gasteiger partial charge in [-0.05, 0) is 30.4 Å². The van der Waals surface area contributed by atoms with Gasteiger partial charge in [0.25, 0.3) is 0 Å². The van der Waals surface area contributed by atoms with Crippen LogP contribution in [-0.4, -0.2) is 29.6 Å². The fraction of sp³-hybridized carbons (Fsp3) is 0.632. The summed E-state index contributed by atoms with van der Waals surface area (Å²) in [6.45, 7) is 7.13. The Bertz CT molecular complexity index is 505. The van der Waals surface area contributed by atoms with Crippen molar-refractivity contribution in [3.63, 3.8) is 0 Å². The van der Waals surface area contributed by atoms with Crippen molar-refractivity contribution in [3.05, 3.63) is 30.1 Å². The Kier molecular flexibility index (Phi) is 9.53. The van der Waals surface area contributed by atoms with Crippen LogP contribution < -0.4 is 5.32 Å². The van der Waals surface area contributed by atoms with Crippen molar-refractivity contribution in [1.29, 1.82) is 0 Å². The predicted molar refractivity (Wildman–Crippen MR) is 102 cm³/mol. The Hall–Kier alpha value is -1.49. The Morgan fingerprint density at radius 1 is 1.25 bits per heavy atom. The third-order valence-corrected chi connectivity index (χ3v) is 4.50. The van der Waals surface area contributed by atoms with Crippen molar-refractivity contribution < 1.29 is 9.53 Å². The minimum absolute atomic E-state index is 0.331. The van der Waals surface area contributed by atoms with E-state index in [-0.39, 0.29) is 5.97 Å². The minimum atomic E-state index is -0.637. The van der Waals surface area contributed by atoms with Crippen molar-refractivity contribution in [1.82, 2.24) is 10.3 Å². The fourth-order valence-corrected chi connectivity index (χ4v) is 2.73. The molecule has 0 aliphatic rings. The van der Waals surface area contributed by atoms with Crippen LogP contribution in [0.15, 0.2) is 24.4 Å². The van der Waals surface area contributed by atoms with Gasteiger partial charge in [-0.3, -0.25) is 9.78 Å².